The van der Waals surface area contributed by atoms with Gasteiger partial charge >= 0.3 is 0 Å². The van der Waals surface area contributed by atoms with Crippen molar-refractivity contribution < 1.29 is 4.74 Å². The summed E-state index contributed by atoms with van der Waals surface area (Å²) in [5.74, 6) is 0.918. The van der Waals surface area contributed by atoms with Gasteiger partial charge in [0, 0.05) is 0 Å². The largest absolute Gasteiger partial charge is 0.494 e. The molecule has 0 bridgehead atoms. The molecule has 20 heavy (non-hydrogen) atoms. The Morgan fingerprint density at radius 3 is 2.50 bits per heavy atom. The molecule has 0 radical (unpaired) electrons. The predicted molar refractivity (Wildman–Crippen MR) is 82.6 cm³/mol. The molecule has 0 heterocycles. The second-order valence-electron chi connectivity index (χ2n) is 5.58. The van der Waals surface area contributed by atoms with E-state index < -0.39 is 5.54 Å². The Balaban J connectivity index is 2.21. The summed E-state index contributed by atoms with van der Waals surface area (Å²) >= 11 is 0. The Morgan fingerprint density at radius 2 is 1.90 bits per heavy atom. The minimum Gasteiger partial charge on any atom is -0.494 e. The molecule has 0 saturated carbocycles. The number of unbranched alkanes of at least 4 members (excludes halogenated alkanes) is 2. The van der Waals surface area contributed by atoms with Crippen LogP contribution in [0.25, 0.3) is 0 Å². The first-order valence-electron chi connectivity index (χ1n) is 7.49. The number of hydrogen-bond acceptors (Lipinski definition) is 3. The van der Waals surface area contributed by atoms with Crippen molar-refractivity contribution in [3.05, 3.63) is 29.8 Å². The highest BCUT2D eigenvalue weighted by molar-refractivity contribution is 5.27. The van der Waals surface area contributed by atoms with Crippen LogP contribution in [0.3, 0.4) is 0 Å². The molecule has 1 unspecified atom stereocenters. The highest BCUT2D eigenvalue weighted by Crippen LogP contribution is 2.15. The average molecular weight is 274 g/mol. The van der Waals surface area contributed by atoms with Crippen LogP contribution in [-0.2, 0) is 6.42 Å². The van der Waals surface area contributed by atoms with Crippen LogP contribution in [0.1, 0.15) is 51.5 Å². The molecule has 0 amide bonds. The van der Waals surface area contributed by atoms with Crippen LogP contribution < -0.4 is 10.5 Å². The molecule has 3 nitrogen and oxygen atoms in total. The SMILES string of the molecule is CCCCc1ccc(OCCCCC(C)(N)C#N)cc1. The monoisotopic (exact) mass is 274 g/mol. The van der Waals surface area contributed by atoms with Crippen LogP contribution in [0.5, 0.6) is 5.75 Å². The second-order valence-corrected chi connectivity index (χ2v) is 5.58. The molecule has 0 saturated heterocycles. The summed E-state index contributed by atoms with van der Waals surface area (Å²) < 4.78 is 5.69. The Hall–Kier alpha value is -1.53. The topological polar surface area (TPSA) is 59.0 Å². The summed E-state index contributed by atoms with van der Waals surface area (Å²) in [6.45, 7) is 4.65. The fraction of sp³-hybridized carbons (Fsp3) is 0.588. The molecule has 2 N–H and O–H groups in total. The van der Waals surface area contributed by atoms with Crippen LogP contribution >= 0.6 is 0 Å². The molecule has 0 aromatic heterocycles. The highest BCUT2D eigenvalue weighted by atomic mass is 16.5. The number of benzene rings is 1. The molecule has 1 atom stereocenters. The summed E-state index contributed by atoms with van der Waals surface area (Å²) in [4.78, 5) is 0. The number of ether oxygens (including phenoxy) is 1. The summed E-state index contributed by atoms with van der Waals surface area (Å²) in [7, 11) is 0. The molecule has 110 valence electrons. The van der Waals surface area contributed by atoms with Crippen LogP contribution in [0, 0.1) is 11.3 Å². The molecule has 1 rings (SSSR count). The molecule has 0 aliphatic rings. The lowest BCUT2D eigenvalue weighted by Gasteiger charge is -2.14. The quantitative estimate of drug-likeness (QED) is 0.696. The van der Waals surface area contributed by atoms with Gasteiger partial charge in [-0.15, -0.1) is 0 Å². The Morgan fingerprint density at radius 1 is 1.20 bits per heavy atom. The zero-order chi connectivity index (χ0) is 14.8. The van der Waals surface area contributed by atoms with E-state index >= 15 is 0 Å². The molecule has 0 aliphatic heterocycles. The number of rotatable bonds is 9. The standard InChI is InChI=1S/C17H26N2O/c1-3-4-7-15-8-10-16(11-9-15)20-13-6-5-12-17(2,19)14-18/h8-11H,3-7,12-13,19H2,1-2H3. The Labute approximate surface area is 122 Å². The van der Waals surface area contributed by atoms with E-state index in [9.17, 15) is 0 Å². The Kier molecular flexibility index (Phi) is 7.11. The highest BCUT2D eigenvalue weighted by Gasteiger charge is 2.15. The van der Waals surface area contributed by atoms with E-state index in [1.807, 2.05) is 12.1 Å². The smallest absolute Gasteiger partial charge is 0.119 e. The maximum Gasteiger partial charge on any atom is 0.119 e. The van der Waals surface area contributed by atoms with E-state index in [4.69, 9.17) is 15.7 Å². The molecule has 1 aromatic carbocycles. The van der Waals surface area contributed by atoms with Gasteiger partial charge in [0.15, 0.2) is 0 Å². The first-order valence-corrected chi connectivity index (χ1v) is 7.49. The van der Waals surface area contributed by atoms with Crippen molar-refractivity contribution in [2.45, 2.75) is 57.9 Å². The normalized spacial score (nSPS) is 13.5. The fourth-order valence-corrected chi connectivity index (χ4v) is 1.97. The van der Waals surface area contributed by atoms with Gasteiger partial charge in [0.2, 0.25) is 0 Å². The van der Waals surface area contributed by atoms with Crippen molar-refractivity contribution in [2.75, 3.05) is 6.61 Å². The van der Waals surface area contributed by atoms with Gasteiger partial charge in [-0.05, 0) is 56.7 Å². The van der Waals surface area contributed by atoms with Gasteiger partial charge in [-0.2, -0.15) is 5.26 Å². The zero-order valence-corrected chi connectivity index (χ0v) is 12.7. The molecular formula is C17H26N2O. The van der Waals surface area contributed by atoms with Crippen molar-refractivity contribution >= 4 is 0 Å². The van der Waals surface area contributed by atoms with Gasteiger partial charge in [0.1, 0.15) is 11.3 Å². The molecular weight excluding hydrogens is 248 g/mol. The van der Waals surface area contributed by atoms with Crippen LogP contribution in [-0.4, -0.2) is 12.1 Å². The minimum atomic E-state index is -0.707. The molecule has 0 aliphatic carbocycles. The predicted octanol–water partition coefficient (Wildman–Crippen LogP) is 3.82. The van der Waals surface area contributed by atoms with Crippen molar-refractivity contribution in [3.63, 3.8) is 0 Å². The van der Waals surface area contributed by atoms with Crippen LogP contribution in [0.4, 0.5) is 0 Å². The fourth-order valence-electron chi connectivity index (χ4n) is 1.97. The zero-order valence-electron chi connectivity index (χ0n) is 12.7. The lowest BCUT2D eigenvalue weighted by molar-refractivity contribution is 0.300. The van der Waals surface area contributed by atoms with Crippen LogP contribution in [0.15, 0.2) is 24.3 Å². The van der Waals surface area contributed by atoms with Gasteiger partial charge in [-0.25, -0.2) is 0 Å². The van der Waals surface area contributed by atoms with E-state index in [1.165, 1.54) is 18.4 Å². The van der Waals surface area contributed by atoms with Crippen molar-refractivity contribution in [3.8, 4) is 11.8 Å². The summed E-state index contributed by atoms with van der Waals surface area (Å²) in [6.07, 6.45) is 6.14. The number of hydrogen-bond donors (Lipinski definition) is 1. The van der Waals surface area contributed by atoms with E-state index in [2.05, 4.69) is 25.1 Å². The molecule has 0 spiro atoms. The van der Waals surface area contributed by atoms with Gasteiger partial charge in [0.05, 0.1) is 12.7 Å². The van der Waals surface area contributed by atoms with Gasteiger partial charge in [0.25, 0.3) is 0 Å². The van der Waals surface area contributed by atoms with Crippen LogP contribution in [0.2, 0.25) is 0 Å². The second kappa shape index (κ2) is 8.60. The maximum absolute atomic E-state index is 8.81. The van der Waals surface area contributed by atoms with E-state index in [0.29, 0.717) is 13.0 Å². The third kappa shape index (κ3) is 6.58. The lowest BCUT2D eigenvalue weighted by Crippen LogP contribution is -2.33. The number of nitriles is 1. The minimum absolute atomic E-state index is 0.676. The van der Waals surface area contributed by atoms with E-state index in [1.54, 1.807) is 6.92 Å². The van der Waals surface area contributed by atoms with Crippen molar-refractivity contribution in [1.29, 1.82) is 5.26 Å². The number of nitrogens with zero attached hydrogens (tertiary/aromatic N) is 1. The summed E-state index contributed by atoms with van der Waals surface area (Å²) in [5.41, 5.74) is 6.42. The van der Waals surface area contributed by atoms with E-state index in [0.717, 1.165) is 25.0 Å². The van der Waals surface area contributed by atoms with Crippen molar-refractivity contribution in [2.24, 2.45) is 5.73 Å². The van der Waals surface area contributed by atoms with Gasteiger partial charge < -0.3 is 10.5 Å². The number of nitrogens with two attached hydrogens (primary N) is 1. The summed E-state index contributed by atoms with van der Waals surface area (Å²) in [6, 6.07) is 10.5. The first kappa shape index (κ1) is 16.5. The first-order chi connectivity index (χ1) is 9.57. The molecule has 3 heteroatoms. The van der Waals surface area contributed by atoms with Crippen molar-refractivity contribution in [1.82, 2.24) is 0 Å². The van der Waals surface area contributed by atoms with E-state index in [-0.39, 0.29) is 0 Å². The molecule has 0 fully saturated rings. The number of aryl methyl sites for hydroxylation is 1. The third-order valence-corrected chi connectivity index (χ3v) is 3.36. The van der Waals surface area contributed by atoms with Gasteiger partial charge in [-0.1, -0.05) is 25.5 Å². The maximum atomic E-state index is 8.81. The Bertz CT molecular complexity index is 418. The average Bonchev–Trinajstić information content (AvgIpc) is 2.46. The lowest BCUT2D eigenvalue weighted by atomic mass is 9.98. The summed E-state index contributed by atoms with van der Waals surface area (Å²) in [5, 5.41) is 8.81. The van der Waals surface area contributed by atoms with Gasteiger partial charge in [-0.3, -0.25) is 0 Å². The molecule has 1 aromatic rings. The third-order valence-electron chi connectivity index (χ3n) is 3.36.